The molecule has 464 valence electrons. The van der Waals surface area contributed by atoms with Gasteiger partial charge in [-0.05, 0) is 56.2 Å². The Labute approximate surface area is 533 Å². The molecule has 24 nitrogen and oxygen atoms in total. The van der Waals surface area contributed by atoms with Gasteiger partial charge in [0.15, 0.2) is 5.78 Å². The van der Waals surface area contributed by atoms with Crippen molar-refractivity contribution in [2.45, 2.75) is 96.4 Å². The molecule has 2 aliphatic rings. The number of aryl methyl sites for hydroxylation is 1. The van der Waals surface area contributed by atoms with Crippen LogP contribution in [0.1, 0.15) is 145 Å². The quantitative estimate of drug-likeness (QED) is 0.0444. The molecule has 1 saturated carbocycles. The first kappa shape index (κ1) is 64.0. The van der Waals surface area contributed by atoms with Crippen molar-refractivity contribution in [1.29, 1.82) is 0 Å². The smallest absolute Gasteiger partial charge is 0.307 e. The minimum absolute atomic E-state index is 0.00201. The Morgan fingerprint density at radius 2 is 1.44 bits per heavy atom. The fourth-order valence-corrected chi connectivity index (χ4v) is 15.8. The highest BCUT2D eigenvalue weighted by atomic mass is 32.1. The lowest BCUT2D eigenvalue weighted by atomic mass is 9.73. The zero-order valence-electron chi connectivity index (χ0n) is 48.5. The van der Waals surface area contributed by atoms with E-state index in [1.807, 2.05) is 13.8 Å². The second-order valence-electron chi connectivity index (χ2n) is 21.4. The number of pyridine rings is 1. The molecule has 89 heavy (non-hydrogen) atoms. The molecule has 0 unspecified atom stereocenters. The van der Waals surface area contributed by atoms with Crippen molar-refractivity contribution in [3.63, 3.8) is 0 Å². The van der Waals surface area contributed by atoms with Gasteiger partial charge in [-0.2, -0.15) is 0 Å². The maximum Gasteiger partial charge on any atom is 0.307 e. The van der Waals surface area contributed by atoms with E-state index in [0.29, 0.717) is 93.0 Å². The zero-order chi connectivity index (χ0) is 63.2. The highest BCUT2D eigenvalue weighted by molar-refractivity contribution is 7.15. The number of carbonyl (C=O) groups is 8. The van der Waals surface area contributed by atoms with Crippen molar-refractivity contribution in [1.82, 2.24) is 56.2 Å². The molecule has 30 heteroatoms. The van der Waals surface area contributed by atoms with Crippen LogP contribution in [0.5, 0.6) is 0 Å². The topological polar surface area (TPSA) is 348 Å². The van der Waals surface area contributed by atoms with Crippen molar-refractivity contribution in [3.05, 3.63) is 111 Å². The number of benzene rings is 1. The van der Waals surface area contributed by atoms with Gasteiger partial charge in [-0.3, -0.25) is 43.3 Å². The van der Waals surface area contributed by atoms with Gasteiger partial charge in [0, 0.05) is 71.4 Å². The molecule has 0 radical (unpaired) electrons. The standard InChI is InChI=1S/C59H60N12O12S6/c1-27(2)33-19-39(72)45-28(3)88-56(69-45)35(20-42(73)60-4)63-50(78)37-24-84-52(65-37)32-16-17-34(54-67-41(26-87-54)71(18-10-9-13-44(75)76)58(80)30-14-15-31(30)59(81)82)62-46(32)36-23-85-55(64-36)38-25-86-57(66-38)48(49(77)29-11-7-6-8-12-29)68-43(74)21-61-51(79)47-40(22-83-5)89-53(33)70-47/h6-8,11-12,16-17,23-27,30-31,33,35,48-49,77H,9-10,13-15,18-22H2,1-5H3,(H,60,73)(H,61,79)(H,63,78)(H,68,74)(H,75,76)(H,81,82)/t30-,31+,33-,35-,48-,49-/m0/s1. The normalized spacial score (nSPS) is 18.5. The van der Waals surface area contributed by atoms with Crippen LogP contribution >= 0.6 is 68.0 Å². The SMILES string of the molecule is CNC(=O)C[C@@H]1NC(=O)c2csc(n2)-c2ccc(-c3nc(N(CCCCC(=O)O)C(=O)[C@H]4CC[C@H]4C(=O)O)cs3)nc2-c2csc(n2)-c2csc(n2)[C@H]([C@@H](O)c2ccccc2)NC(=O)CNC(=O)c2nc(sc2COC)[C@H](C(C)C)CC(=O)c2nc1sc2C. The number of ether oxygens (including phenoxy) is 1. The molecule has 7 aromatic heterocycles. The molecule has 1 aliphatic carbocycles. The molecule has 7 N–H and O–H groups in total. The zero-order valence-corrected chi connectivity index (χ0v) is 53.4. The van der Waals surface area contributed by atoms with E-state index in [0.717, 1.165) is 22.7 Å². The van der Waals surface area contributed by atoms with Crippen LogP contribution in [0.2, 0.25) is 0 Å². The lowest BCUT2D eigenvalue weighted by Crippen LogP contribution is -2.46. The number of methoxy groups -OCH3 is 1. The van der Waals surface area contributed by atoms with Gasteiger partial charge in [-0.1, -0.05) is 44.2 Å². The van der Waals surface area contributed by atoms with Gasteiger partial charge >= 0.3 is 11.9 Å². The number of hydrogen-bond donors (Lipinski definition) is 7. The molecule has 1 aromatic carbocycles. The van der Waals surface area contributed by atoms with Crippen molar-refractivity contribution in [2.24, 2.45) is 17.8 Å². The third-order valence-electron chi connectivity index (χ3n) is 15.1. The van der Waals surface area contributed by atoms with Crippen molar-refractivity contribution >= 4 is 121 Å². The number of aliphatic carboxylic acids is 2. The number of thiazole rings is 6. The maximum atomic E-state index is 14.4. The Morgan fingerprint density at radius 3 is 2.16 bits per heavy atom. The van der Waals surface area contributed by atoms with Gasteiger partial charge in [-0.25, -0.2) is 34.9 Å². The van der Waals surface area contributed by atoms with Crippen LogP contribution in [0.3, 0.4) is 0 Å². The molecule has 1 fully saturated rings. The first-order chi connectivity index (χ1) is 42.8. The molecule has 8 heterocycles. The number of rotatable bonds is 16. The summed E-state index contributed by atoms with van der Waals surface area (Å²) in [6.45, 7) is 5.20. The largest absolute Gasteiger partial charge is 0.481 e. The third kappa shape index (κ3) is 14.5. The van der Waals surface area contributed by atoms with Crippen LogP contribution < -0.4 is 26.2 Å². The van der Waals surface area contributed by atoms with E-state index in [1.54, 1.807) is 70.9 Å². The Balaban J connectivity index is 1.05. The number of amides is 5. The average Bonchev–Trinajstić information content (AvgIpc) is 1.87. The Hall–Kier alpha value is -7.97. The Kier molecular flexibility index (Phi) is 20.3. The van der Waals surface area contributed by atoms with E-state index in [-0.39, 0.29) is 73.4 Å². The summed E-state index contributed by atoms with van der Waals surface area (Å²) in [5, 5.41) is 51.2. The number of nitrogens with one attached hydrogen (secondary N) is 4. The van der Waals surface area contributed by atoms with E-state index in [2.05, 4.69) is 21.3 Å². The summed E-state index contributed by atoms with van der Waals surface area (Å²) >= 11 is 7.12. The van der Waals surface area contributed by atoms with Crippen LogP contribution in [0.4, 0.5) is 5.82 Å². The summed E-state index contributed by atoms with van der Waals surface area (Å²) < 4.78 is 5.47. The highest BCUT2D eigenvalue weighted by Gasteiger charge is 2.44. The summed E-state index contributed by atoms with van der Waals surface area (Å²) in [4.78, 5) is 144. The number of aromatic nitrogens is 7. The van der Waals surface area contributed by atoms with Gasteiger partial charge in [0.05, 0.1) is 53.0 Å². The predicted molar refractivity (Wildman–Crippen MR) is 336 cm³/mol. The monoisotopic (exact) mass is 1320 g/mol. The second-order valence-corrected chi connectivity index (χ2v) is 27.2. The molecule has 5 amide bonds. The number of carboxylic acid groups (broad SMARTS) is 2. The molecule has 6 atom stereocenters. The van der Waals surface area contributed by atoms with Crippen LogP contribution in [0, 0.1) is 24.7 Å². The minimum atomic E-state index is -1.30. The highest BCUT2D eigenvalue weighted by Crippen LogP contribution is 2.42. The van der Waals surface area contributed by atoms with Gasteiger partial charge in [0.2, 0.25) is 17.7 Å². The number of hydrogen-bond acceptors (Lipinski definition) is 23. The van der Waals surface area contributed by atoms with Crippen molar-refractivity contribution in [2.75, 3.05) is 32.1 Å². The number of unbranched alkanes of at least 4 members (excludes halogenated alkanes) is 1. The molecule has 10 rings (SSSR count). The molecule has 0 spiro atoms. The van der Waals surface area contributed by atoms with Gasteiger partial charge < -0.3 is 41.3 Å². The van der Waals surface area contributed by atoms with Gasteiger partial charge in [0.1, 0.15) is 77.2 Å². The van der Waals surface area contributed by atoms with E-state index >= 15 is 0 Å². The lowest BCUT2D eigenvalue weighted by molar-refractivity contribution is -0.152. The number of aliphatic hydroxyl groups is 1. The number of carbonyl (C=O) groups excluding carboxylic acids is 6. The molecule has 8 aromatic rings. The van der Waals surface area contributed by atoms with E-state index in [1.165, 1.54) is 64.4 Å². The molecule has 1 aliphatic heterocycles. The average molecular weight is 1320 g/mol. The van der Waals surface area contributed by atoms with Crippen LogP contribution in [0.15, 0.2) is 64.0 Å². The number of aliphatic hydroxyl groups excluding tert-OH is 1. The Morgan fingerprint density at radius 1 is 0.730 bits per heavy atom. The van der Waals surface area contributed by atoms with Gasteiger partial charge in [0.25, 0.3) is 11.8 Å². The van der Waals surface area contributed by atoms with E-state index in [4.69, 9.17) is 39.6 Å². The van der Waals surface area contributed by atoms with Crippen LogP contribution in [-0.2, 0) is 35.3 Å². The van der Waals surface area contributed by atoms with Crippen molar-refractivity contribution in [3.8, 4) is 43.4 Å². The maximum absolute atomic E-state index is 14.4. The number of carboxylic acids is 2. The van der Waals surface area contributed by atoms with E-state index in [9.17, 15) is 53.7 Å². The molecular weight excluding hydrogens is 1260 g/mol. The third-order valence-corrected chi connectivity index (χ3v) is 20.8. The number of ketones is 1. The minimum Gasteiger partial charge on any atom is -0.481 e. The lowest BCUT2D eigenvalue weighted by Gasteiger charge is -2.35. The number of Topliss-reactive ketones (excluding diaryl/α,β-unsaturated/α-hetero) is 1. The first-order valence-corrected chi connectivity index (χ1v) is 33.4. The van der Waals surface area contributed by atoms with E-state index < -0.39 is 84.0 Å². The molecule has 10 bridgehead atoms. The Bertz CT molecular complexity index is 3970. The van der Waals surface area contributed by atoms with Gasteiger partial charge in [-0.15, -0.1) is 68.0 Å². The fourth-order valence-electron chi connectivity index (χ4n) is 10.1. The van der Waals surface area contributed by atoms with Crippen molar-refractivity contribution < 1.29 is 58.4 Å². The first-order valence-electron chi connectivity index (χ1n) is 28.2. The molecule has 0 saturated heterocycles. The predicted octanol–water partition coefficient (Wildman–Crippen LogP) is 8.90. The summed E-state index contributed by atoms with van der Waals surface area (Å²) in [6.07, 6.45) is -0.363. The van der Waals surface area contributed by atoms with Crippen LogP contribution in [0.25, 0.3) is 43.4 Å². The number of nitrogens with zero attached hydrogens (tertiary/aromatic N) is 8. The molecular formula is C59H60N12O12S6. The fraction of sp³-hybridized carbons (Fsp3) is 0.373. The van der Waals surface area contributed by atoms with Crippen LogP contribution in [-0.4, -0.2) is 125 Å². The summed E-state index contributed by atoms with van der Waals surface area (Å²) in [5.41, 5.74) is 2.55. The second kappa shape index (κ2) is 28.2. The summed E-state index contributed by atoms with van der Waals surface area (Å²) in [5.74, 6) is -7.17. The summed E-state index contributed by atoms with van der Waals surface area (Å²) in [7, 11) is 2.94. The number of fused-ring (bicyclic) bond motifs is 14. The summed E-state index contributed by atoms with van der Waals surface area (Å²) in [6, 6.07) is 10.1. The number of anilines is 1.